The number of benzene rings is 11. The first-order valence-corrected chi connectivity index (χ1v) is 23.1. The van der Waals surface area contributed by atoms with Crippen LogP contribution in [0.15, 0.2) is 267 Å². The summed E-state index contributed by atoms with van der Waals surface area (Å²) < 4.78 is 2.45. The summed E-state index contributed by atoms with van der Waals surface area (Å²) in [4.78, 5) is 2.45. The Morgan fingerprint density at radius 2 is 0.731 bits per heavy atom. The van der Waals surface area contributed by atoms with Gasteiger partial charge in [-0.15, -0.1) is 0 Å². The van der Waals surface area contributed by atoms with Crippen LogP contribution in [0.25, 0.3) is 93.9 Å². The quantitative estimate of drug-likeness (QED) is 0.133. The summed E-state index contributed by atoms with van der Waals surface area (Å²) in [6.07, 6.45) is 0. The zero-order valence-corrected chi connectivity index (χ0v) is 37.0. The van der Waals surface area contributed by atoms with E-state index < -0.39 is 0 Å². The van der Waals surface area contributed by atoms with Crippen molar-refractivity contribution in [3.05, 3.63) is 272 Å². The molecule has 0 radical (unpaired) electrons. The molecule has 1 aromatic heterocycles. The van der Waals surface area contributed by atoms with E-state index in [1.54, 1.807) is 0 Å². The minimum Gasteiger partial charge on any atom is -0.337 e. The van der Waals surface area contributed by atoms with Crippen LogP contribution in [0.5, 0.6) is 0 Å². The zero-order valence-electron chi connectivity index (χ0n) is 37.0. The Bertz CT molecular complexity index is 3680. The molecular weight excluding hydrogens is 809 g/mol. The van der Waals surface area contributed by atoms with E-state index in [0.717, 1.165) is 11.4 Å². The maximum atomic E-state index is 2.45. The van der Waals surface area contributed by atoms with E-state index >= 15 is 0 Å². The van der Waals surface area contributed by atoms with Crippen molar-refractivity contribution < 1.29 is 0 Å². The predicted molar refractivity (Wildman–Crippen MR) is 284 cm³/mol. The lowest BCUT2D eigenvalue weighted by molar-refractivity contribution is 0.977. The van der Waals surface area contributed by atoms with E-state index in [4.69, 9.17) is 0 Å². The summed E-state index contributed by atoms with van der Waals surface area (Å²) in [5, 5.41) is 4.98. The van der Waals surface area contributed by atoms with Gasteiger partial charge in [0.05, 0.1) is 16.7 Å². The monoisotopic (exact) mass is 854 g/mol. The Morgan fingerprint density at radius 3 is 1.39 bits per heavy atom. The van der Waals surface area contributed by atoms with Crippen LogP contribution in [0.2, 0.25) is 0 Å². The molecule has 0 fully saturated rings. The van der Waals surface area contributed by atoms with Gasteiger partial charge in [-0.25, -0.2) is 0 Å². The van der Waals surface area contributed by atoms with Gasteiger partial charge >= 0.3 is 0 Å². The number of anilines is 2. The largest absolute Gasteiger partial charge is 0.337 e. The fourth-order valence-corrected chi connectivity index (χ4v) is 10.0. The Labute approximate surface area is 391 Å². The van der Waals surface area contributed by atoms with Gasteiger partial charge in [-0.2, -0.15) is 0 Å². The van der Waals surface area contributed by atoms with Crippen molar-refractivity contribution in [3.8, 4) is 61.3 Å². The molecule has 2 nitrogen and oxygen atoms in total. The highest BCUT2D eigenvalue weighted by Gasteiger charge is 2.19. The number of para-hydroxylation sites is 1. The molecule has 67 heavy (non-hydrogen) atoms. The second-order valence-corrected chi connectivity index (χ2v) is 17.3. The van der Waals surface area contributed by atoms with E-state index in [-0.39, 0.29) is 0 Å². The summed E-state index contributed by atoms with van der Waals surface area (Å²) in [5.74, 6) is 0. The van der Waals surface area contributed by atoms with Gasteiger partial charge in [-0.1, -0.05) is 218 Å². The third-order valence-electron chi connectivity index (χ3n) is 13.3. The molecule has 0 saturated heterocycles. The molecule has 0 aliphatic heterocycles. The molecule has 0 saturated carbocycles. The first-order valence-electron chi connectivity index (χ1n) is 23.1. The number of rotatable bonds is 10. The highest BCUT2D eigenvalue weighted by molar-refractivity contribution is 6.16. The number of hydrogen-bond acceptors (Lipinski definition) is 1. The van der Waals surface area contributed by atoms with Crippen LogP contribution in [0.3, 0.4) is 0 Å². The Balaban J connectivity index is 0.923. The summed E-state index contributed by atoms with van der Waals surface area (Å²) in [5.41, 5.74) is 19.2. The van der Waals surface area contributed by atoms with Crippen molar-refractivity contribution in [2.24, 2.45) is 0 Å². The Morgan fingerprint density at radius 1 is 0.299 bits per heavy atom. The van der Waals surface area contributed by atoms with Gasteiger partial charge in [-0.3, -0.25) is 0 Å². The van der Waals surface area contributed by atoms with Gasteiger partial charge in [0.1, 0.15) is 0 Å². The van der Waals surface area contributed by atoms with E-state index in [0.29, 0.717) is 6.54 Å². The average molecular weight is 855 g/mol. The number of fused-ring (bicyclic) bond motifs is 4. The number of aromatic nitrogens is 1. The van der Waals surface area contributed by atoms with Crippen molar-refractivity contribution in [1.82, 2.24) is 4.57 Å². The number of nitrogens with zero attached hydrogens (tertiary/aromatic N) is 2. The van der Waals surface area contributed by atoms with Crippen LogP contribution in [-0.2, 0) is 6.54 Å². The van der Waals surface area contributed by atoms with Crippen LogP contribution in [0.4, 0.5) is 11.4 Å². The molecule has 12 rings (SSSR count). The first kappa shape index (κ1) is 39.8. The van der Waals surface area contributed by atoms with Gasteiger partial charge in [-0.05, 0) is 115 Å². The third kappa shape index (κ3) is 7.55. The Hall–Kier alpha value is -8.72. The molecular formula is C65H46N2. The van der Waals surface area contributed by atoms with Crippen molar-refractivity contribution in [3.63, 3.8) is 0 Å². The summed E-state index contributed by atoms with van der Waals surface area (Å²) in [6.45, 7) is 0.685. The van der Waals surface area contributed by atoms with Crippen LogP contribution in [0.1, 0.15) is 5.56 Å². The molecule has 0 amide bonds. The molecule has 0 unspecified atom stereocenters. The molecule has 11 aromatic carbocycles. The fourth-order valence-electron chi connectivity index (χ4n) is 10.0. The fraction of sp³-hybridized carbons (Fsp3) is 0.0154. The topological polar surface area (TPSA) is 8.17 Å². The highest BCUT2D eigenvalue weighted by atomic mass is 15.1. The highest BCUT2D eigenvalue weighted by Crippen LogP contribution is 2.41. The van der Waals surface area contributed by atoms with Crippen molar-refractivity contribution in [1.29, 1.82) is 0 Å². The van der Waals surface area contributed by atoms with Gasteiger partial charge in [0.15, 0.2) is 0 Å². The lowest BCUT2D eigenvalue weighted by Gasteiger charge is -2.27. The van der Waals surface area contributed by atoms with E-state index in [9.17, 15) is 0 Å². The second kappa shape index (κ2) is 17.3. The predicted octanol–water partition coefficient (Wildman–Crippen LogP) is 17.6. The summed E-state index contributed by atoms with van der Waals surface area (Å²) in [7, 11) is 0. The zero-order chi connectivity index (χ0) is 44.5. The van der Waals surface area contributed by atoms with Crippen LogP contribution in [-0.4, -0.2) is 4.57 Å². The molecule has 1 heterocycles. The standard InChI is InChI=1S/C65H46N2/c1-3-16-46(17-4-1)48-32-34-49(35-33-48)51-38-42-57(43-39-51)66(56-40-36-50(37-41-56)47-18-5-2-6-19-47)45-55-21-8-9-25-58(55)53-23-13-24-54(44-53)60-28-15-31-64-65(60)61-27-11-12-29-63(61)67(64)62-30-14-22-52-20-7-10-26-59(52)62/h1-44H,45H2. The molecule has 0 aliphatic rings. The smallest absolute Gasteiger partial charge is 0.0547 e. The molecule has 0 atom stereocenters. The normalized spacial score (nSPS) is 11.3. The van der Waals surface area contributed by atoms with Gasteiger partial charge in [0.25, 0.3) is 0 Å². The van der Waals surface area contributed by atoms with Gasteiger partial charge in [0, 0.05) is 34.1 Å². The Kier molecular flexibility index (Phi) is 10.3. The van der Waals surface area contributed by atoms with Crippen LogP contribution in [0, 0.1) is 0 Å². The van der Waals surface area contributed by atoms with Gasteiger partial charge in [0.2, 0.25) is 0 Å². The van der Waals surface area contributed by atoms with Gasteiger partial charge < -0.3 is 9.47 Å². The third-order valence-corrected chi connectivity index (χ3v) is 13.3. The molecule has 0 bridgehead atoms. The molecule has 0 N–H and O–H groups in total. The molecule has 0 spiro atoms. The van der Waals surface area contributed by atoms with Crippen LogP contribution >= 0.6 is 0 Å². The minimum absolute atomic E-state index is 0.685. The minimum atomic E-state index is 0.685. The van der Waals surface area contributed by atoms with E-state index in [1.807, 2.05) is 0 Å². The molecule has 0 aliphatic carbocycles. The first-order chi connectivity index (χ1) is 33.2. The van der Waals surface area contributed by atoms with E-state index in [2.05, 4.69) is 276 Å². The van der Waals surface area contributed by atoms with E-state index in [1.165, 1.54) is 99.5 Å². The maximum Gasteiger partial charge on any atom is 0.0547 e. The molecule has 12 aromatic rings. The summed E-state index contributed by atoms with van der Waals surface area (Å²) >= 11 is 0. The molecule has 316 valence electrons. The van der Waals surface area contributed by atoms with Crippen LogP contribution < -0.4 is 4.90 Å². The number of hydrogen-bond donors (Lipinski definition) is 0. The summed E-state index contributed by atoms with van der Waals surface area (Å²) in [6, 6.07) is 97.1. The second-order valence-electron chi connectivity index (χ2n) is 17.3. The lowest BCUT2D eigenvalue weighted by atomic mass is 9.93. The average Bonchev–Trinajstić information content (AvgIpc) is 3.75. The van der Waals surface area contributed by atoms with Crippen molar-refractivity contribution in [2.75, 3.05) is 4.90 Å². The maximum absolute atomic E-state index is 2.45. The van der Waals surface area contributed by atoms with Crippen molar-refractivity contribution >= 4 is 44.0 Å². The lowest BCUT2D eigenvalue weighted by Crippen LogP contribution is -2.17. The molecule has 2 heteroatoms. The van der Waals surface area contributed by atoms with Crippen molar-refractivity contribution in [2.45, 2.75) is 6.54 Å². The SMILES string of the molecule is c1ccc(-c2ccc(-c3ccc(N(Cc4ccccc4-c4cccc(-c5cccc6c5c5ccccc5n6-c5cccc6ccccc56)c4)c4ccc(-c5ccccc5)cc4)cc3)cc2)cc1.